The Kier molecular flexibility index (Phi) is 7.28. The molecule has 1 aliphatic heterocycles. The zero-order chi connectivity index (χ0) is 26.3. The van der Waals surface area contributed by atoms with Gasteiger partial charge in [0, 0.05) is 35.2 Å². The number of aryl methyl sites for hydroxylation is 1. The van der Waals surface area contributed by atoms with Gasteiger partial charge in [0.15, 0.2) is 5.11 Å². The number of hydrogen-bond donors (Lipinski definition) is 2. The van der Waals surface area contributed by atoms with Crippen LogP contribution in [0.1, 0.15) is 80.3 Å². The maximum Gasteiger partial charge on any atom is 0.226 e. The minimum atomic E-state index is -0.135. The predicted octanol–water partition coefficient (Wildman–Crippen LogP) is 7.04. The molecule has 2 fully saturated rings. The van der Waals surface area contributed by atoms with Gasteiger partial charge in [-0.1, -0.05) is 44.4 Å². The first-order valence-electron chi connectivity index (χ1n) is 13.1. The number of carbonyl (C=O) groups excluding carboxylic acids is 1. The number of thiocarbonyl (C=S) groups is 1. The molecule has 2 aromatic heterocycles. The number of benzene rings is 1. The van der Waals surface area contributed by atoms with Gasteiger partial charge < -0.3 is 20.1 Å². The molecule has 0 radical (unpaired) electrons. The fourth-order valence-electron chi connectivity index (χ4n) is 5.81. The molecular formula is C29H34ClN5OS. The Balaban J connectivity index is 1.58. The van der Waals surface area contributed by atoms with Gasteiger partial charge in [0.2, 0.25) is 5.91 Å². The molecule has 37 heavy (non-hydrogen) atoms. The predicted molar refractivity (Wildman–Crippen MR) is 154 cm³/mol. The van der Waals surface area contributed by atoms with Crippen molar-refractivity contribution in [1.82, 2.24) is 14.9 Å². The van der Waals surface area contributed by atoms with Crippen molar-refractivity contribution in [3.8, 4) is 0 Å². The summed E-state index contributed by atoms with van der Waals surface area (Å²) in [6, 6.07) is 14.3. The van der Waals surface area contributed by atoms with Gasteiger partial charge in [-0.3, -0.25) is 9.78 Å². The summed E-state index contributed by atoms with van der Waals surface area (Å²) in [5.41, 5.74) is 6.20. The zero-order valence-corrected chi connectivity index (χ0v) is 23.4. The third-order valence-electron chi connectivity index (χ3n) is 7.64. The molecule has 194 valence electrons. The van der Waals surface area contributed by atoms with E-state index in [9.17, 15) is 4.79 Å². The lowest BCUT2D eigenvalue weighted by Gasteiger charge is -2.29. The number of hydrogen-bond acceptors (Lipinski definition) is 3. The van der Waals surface area contributed by atoms with Crippen molar-refractivity contribution in [1.29, 1.82) is 0 Å². The van der Waals surface area contributed by atoms with E-state index in [0.717, 1.165) is 11.4 Å². The first kappa shape index (κ1) is 25.7. The van der Waals surface area contributed by atoms with Crippen molar-refractivity contribution in [2.75, 3.05) is 10.2 Å². The Morgan fingerprint density at radius 2 is 1.92 bits per heavy atom. The molecule has 0 unspecified atom stereocenters. The van der Waals surface area contributed by atoms with E-state index in [1.807, 2.05) is 56.4 Å². The minimum Gasteiger partial charge on any atom is -0.351 e. The van der Waals surface area contributed by atoms with Gasteiger partial charge in [0.05, 0.1) is 28.5 Å². The monoisotopic (exact) mass is 535 g/mol. The van der Waals surface area contributed by atoms with Crippen molar-refractivity contribution < 1.29 is 4.79 Å². The van der Waals surface area contributed by atoms with Gasteiger partial charge in [-0.25, -0.2) is 0 Å². The smallest absolute Gasteiger partial charge is 0.226 e. The molecule has 1 aromatic carbocycles. The van der Waals surface area contributed by atoms with Crippen LogP contribution in [0, 0.1) is 19.8 Å². The van der Waals surface area contributed by atoms with E-state index in [2.05, 4.69) is 45.0 Å². The average molecular weight is 536 g/mol. The molecule has 1 amide bonds. The zero-order valence-electron chi connectivity index (χ0n) is 21.8. The molecule has 0 bridgehead atoms. The van der Waals surface area contributed by atoms with Crippen LogP contribution in [0.25, 0.3) is 0 Å². The Labute approximate surface area is 229 Å². The second-order valence-electron chi connectivity index (χ2n) is 10.4. The summed E-state index contributed by atoms with van der Waals surface area (Å²) >= 11 is 12.6. The number of amides is 1. The number of aromatic nitrogens is 2. The standard InChI is InChI=1S/C29H34ClN5OS/c1-17(2)28(36)32-24-13-12-21(16-23(24)30)35-27(26(33-29(35)37)25-11-7-8-14-31-25)22-15-18(3)34(19(22)4)20-9-5-6-10-20/h7-8,11-17,20,26-27H,5-6,9-10H2,1-4H3,(H,32,36)(H,33,37)/t26-,27-/m1/s1. The molecule has 6 nitrogen and oxygen atoms in total. The van der Waals surface area contributed by atoms with Crippen molar-refractivity contribution in [2.24, 2.45) is 5.92 Å². The molecule has 1 aliphatic carbocycles. The molecule has 2 aliphatic rings. The molecule has 0 spiro atoms. The van der Waals surface area contributed by atoms with Crippen LogP contribution in [-0.4, -0.2) is 20.6 Å². The third-order valence-corrected chi connectivity index (χ3v) is 8.27. The molecule has 8 heteroatoms. The molecule has 2 atom stereocenters. The molecule has 2 N–H and O–H groups in total. The summed E-state index contributed by atoms with van der Waals surface area (Å²) in [6.07, 6.45) is 6.85. The lowest BCUT2D eigenvalue weighted by molar-refractivity contribution is -0.118. The second kappa shape index (κ2) is 10.5. The molecule has 5 rings (SSSR count). The summed E-state index contributed by atoms with van der Waals surface area (Å²) in [5, 5.41) is 7.57. The molecule has 3 aromatic rings. The summed E-state index contributed by atoms with van der Waals surface area (Å²) in [4.78, 5) is 19.1. The van der Waals surface area contributed by atoms with Crippen molar-refractivity contribution in [3.63, 3.8) is 0 Å². The molecule has 1 saturated heterocycles. The van der Waals surface area contributed by atoms with Crippen LogP contribution in [0.15, 0.2) is 48.7 Å². The lowest BCUT2D eigenvalue weighted by Crippen LogP contribution is -2.29. The van der Waals surface area contributed by atoms with E-state index in [4.69, 9.17) is 23.8 Å². The van der Waals surface area contributed by atoms with Crippen LogP contribution in [0.4, 0.5) is 11.4 Å². The molecule has 3 heterocycles. The van der Waals surface area contributed by atoms with Gasteiger partial charge in [0.1, 0.15) is 0 Å². The van der Waals surface area contributed by atoms with Gasteiger partial charge in [-0.05, 0) is 80.9 Å². The van der Waals surface area contributed by atoms with E-state index in [1.165, 1.54) is 42.6 Å². The number of carbonyl (C=O) groups is 1. The van der Waals surface area contributed by atoms with E-state index in [1.54, 1.807) is 0 Å². The highest BCUT2D eigenvalue weighted by Gasteiger charge is 2.42. The minimum absolute atomic E-state index is 0.0690. The highest BCUT2D eigenvalue weighted by molar-refractivity contribution is 7.80. The molecular weight excluding hydrogens is 502 g/mol. The first-order valence-corrected chi connectivity index (χ1v) is 13.8. The van der Waals surface area contributed by atoms with Crippen LogP contribution in [-0.2, 0) is 4.79 Å². The van der Waals surface area contributed by atoms with Gasteiger partial charge in [0.25, 0.3) is 0 Å². The largest absolute Gasteiger partial charge is 0.351 e. The van der Waals surface area contributed by atoms with Crippen molar-refractivity contribution >= 4 is 46.2 Å². The number of rotatable bonds is 6. The summed E-state index contributed by atoms with van der Waals surface area (Å²) in [5.74, 6) is -0.204. The Hall–Kier alpha value is -2.90. The topological polar surface area (TPSA) is 62.2 Å². The lowest BCUT2D eigenvalue weighted by atomic mass is 9.96. The van der Waals surface area contributed by atoms with E-state index < -0.39 is 0 Å². The number of anilines is 2. The number of nitrogens with zero attached hydrogens (tertiary/aromatic N) is 3. The Bertz CT molecular complexity index is 1320. The normalized spacial score (nSPS) is 20.1. The fourth-order valence-corrected chi connectivity index (χ4v) is 6.38. The van der Waals surface area contributed by atoms with Crippen molar-refractivity contribution in [3.05, 3.63) is 76.3 Å². The highest BCUT2D eigenvalue weighted by atomic mass is 35.5. The Morgan fingerprint density at radius 3 is 2.57 bits per heavy atom. The number of halogens is 1. The first-order chi connectivity index (χ1) is 17.8. The van der Waals surface area contributed by atoms with E-state index in [-0.39, 0.29) is 23.9 Å². The summed E-state index contributed by atoms with van der Waals surface area (Å²) < 4.78 is 2.52. The number of pyridine rings is 1. The van der Waals surface area contributed by atoms with Crippen LogP contribution >= 0.6 is 23.8 Å². The average Bonchev–Trinajstić information content (AvgIpc) is 3.58. The maximum absolute atomic E-state index is 12.3. The maximum atomic E-state index is 12.3. The summed E-state index contributed by atoms with van der Waals surface area (Å²) in [7, 11) is 0. The molecule has 1 saturated carbocycles. The van der Waals surface area contributed by atoms with Crippen LogP contribution in [0.3, 0.4) is 0 Å². The Morgan fingerprint density at radius 1 is 1.16 bits per heavy atom. The van der Waals surface area contributed by atoms with Crippen LogP contribution in [0.2, 0.25) is 5.02 Å². The third kappa shape index (κ3) is 4.87. The van der Waals surface area contributed by atoms with Crippen molar-refractivity contribution in [2.45, 2.75) is 71.5 Å². The van der Waals surface area contributed by atoms with Gasteiger partial charge in [-0.15, -0.1) is 0 Å². The highest BCUT2D eigenvalue weighted by Crippen LogP contribution is 2.45. The van der Waals surface area contributed by atoms with Gasteiger partial charge >= 0.3 is 0 Å². The SMILES string of the molecule is Cc1cc([C@@H]2[C@@H](c3ccccn3)NC(=S)N2c2ccc(NC(=O)C(C)C)c(Cl)c2)c(C)n1C1CCCC1. The van der Waals surface area contributed by atoms with E-state index >= 15 is 0 Å². The van der Waals surface area contributed by atoms with E-state index in [0.29, 0.717) is 21.9 Å². The fraction of sp³-hybridized carbons (Fsp3) is 0.414. The summed E-state index contributed by atoms with van der Waals surface area (Å²) in [6.45, 7) is 8.15. The number of nitrogens with one attached hydrogen (secondary N) is 2. The van der Waals surface area contributed by atoms with Crippen LogP contribution in [0.5, 0.6) is 0 Å². The van der Waals surface area contributed by atoms with Gasteiger partial charge in [-0.2, -0.15) is 0 Å². The van der Waals surface area contributed by atoms with Crippen LogP contribution < -0.4 is 15.5 Å². The second-order valence-corrected chi connectivity index (χ2v) is 11.2. The quantitative estimate of drug-likeness (QED) is 0.331.